The van der Waals surface area contributed by atoms with Crippen LogP contribution in [0.25, 0.3) is 21.9 Å². The van der Waals surface area contributed by atoms with E-state index >= 15 is 0 Å². The number of fused-ring (bicyclic) bond motifs is 1. The van der Waals surface area contributed by atoms with Crippen LogP contribution in [-0.4, -0.2) is 16.0 Å². The van der Waals surface area contributed by atoms with Gasteiger partial charge in [-0.15, -0.1) is 0 Å². The van der Waals surface area contributed by atoms with Gasteiger partial charge in [0, 0.05) is 22.0 Å². The molecule has 0 bridgehead atoms. The molecule has 3 aromatic rings. The van der Waals surface area contributed by atoms with E-state index in [9.17, 15) is 9.90 Å². The van der Waals surface area contributed by atoms with Gasteiger partial charge in [-0.2, -0.15) is 0 Å². The zero-order chi connectivity index (χ0) is 15.0. The van der Waals surface area contributed by atoms with Gasteiger partial charge >= 0.3 is 0 Å². The average Bonchev–Trinajstić information content (AvgIpc) is 2.48. The van der Waals surface area contributed by atoms with Crippen LogP contribution in [-0.2, 0) is 0 Å². The zero-order valence-corrected chi connectivity index (χ0v) is 11.5. The van der Waals surface area contributed by atoms with E-state index < -0.39 is 5.91 Å². The zero-order valence-electron chi connectivity index (χ0n) is 11.5. The van der Waals surface area contributed by atoms with Crippen LogP contribution in [0.15, 0.2) is 48.5 Å². The largest absolute Gasteiger partial charge is 0.507 e. The minimum atomic E-state index is -0.609. The lowest BCUT2D eigenvalue weighted by molar-refractivity contribution is 0.0996. The molecule has 0 fully saturated rings. The van der Waals surface area contributed by atoms with Crippen LogP contribution >= 0.6 is 0 Å². The second kappa shape index (κ2) is 4.90. The van der Waals surface area contributed by atoms with Crippen molar-refractivity contribution in [1.82, 2.24) is 4.98 Å². The molecular weight excluding hydrogens is 264 g/mol. The van der Waals surface area contributed by atoms with Crippen LogP contribution in [0, 0.1) is 6.92 Å². The maximum Gasteiger partial charge on any atom is 0.267 e. The lowest BCUT2D eigenvalue weighted by atomic mass is 9.95. The first kappa shape index (κ1) is 13.1. The van der Waals surface area contributed by atoms with Crippen molar-refractivity contribution in [3.63, 3.8) is 0 Å². The Labute approximate surface area is 121 Å². The first-order chi connectivity index (χ1) is 10.1. The minimum Gasteiger partial charge on any atom is -0.507 e. The van der Waals surface area contributed by atoms with Gasteiger partial charge in [0.15, 0.2) is 0 Å². The molecule has 3 N–H and O–H groups in total. The van der Waals surface area contributed by atoms with E-state index in [1.54, 1.807) is 19.1 Å². The molecular formula is C17H14N2O2. The number of carbonyl (C=O) groups is 1. The van der Waals surface area contributed by atoms with E-state index in [1.165, 1.54) is 0 Å². The number of amides is 1. The topological polar surface area (TPSA) is 76.2 Å². The molecule has 1 aromatic heterocycles. The number of hydrogen-bond acceptors (Lipinski definition) is 3. The number of primary amides is 1. The predicted octanol–water partition coefficient (Wildman–Crippen LogP) is 3.01. The van der Waals surface area contributed by atoms with Gasteiger partial charge in [-0.05, 0) is 18.6 Å². The van der Waals surface area contributed by atoms with Gasteiger partial charge in [0.05, 0.1) is 0 Å². The Kier molecular flexibility index (Phi) is 3.06. The highest BCUT2D eigenvalue weighted by Gasteiger charge is 2.19. The quantitative estimate of drug-likeness (QED) is 0.756. The van der Waals surface area contributed by atoms with E-state index in [0.29, 0.717) is 16.6 Å². The molecule has 4 heteroatoms. The maximum atomic E-state index is 11.8. The highest BCUT2D eigenvalue weighted by atomic mass is 16.3. The van der Waals surface area contributed by atoms with Gasteiger partial charge in [-0.25, -0.2) is 4.98 Å². The number of benzene rings is 2. The minimum absolute atomic E-state index is 0.111. The lowest BCUT2D eigenvalue weighted by Gasteiger charge is -2.14. The molecule has 0 aliphatic rings. The van der Waals surface area contributed by atoms with Crippen molar-refractivity contribution in [2.24, 2.45) is 5.73 Å². The van der Waals surface area contributed by atoms with E-state index in [-0.39, 0.29) is 11.4 Å². The number of hydrogen-bond donors (Lipinski definition) is 2. The van der Waals surface area contributed by atoms with Crippen LogP contribution in [0.3, 0.4) is 0 Å². The van der Waals surface area contributed by atoms with Gasteiger partial charge in [-0.3, -0.25) is 4.79 Å². The lowest BCUT2D eigenvalue weighted by Crippen LogP contribution is -2.15. The Bertz CT molecular complexity index is 842. The summed E-state index contributed by atoms with van der Waals surface area (Å²) in [5, 5.41) is 11.7. The number of aromatic hydroxyl groups is 1. The van der Waals surface area contributed by atoms with Gasteiger partial charge < -0.3 is 10.8 Å². The third kappa shape index (κ3) is 2.10. The molecule has 0 saturated heterocycles. The van der Waals surface area contributed by atoms with Crippen molar-refractivity contribution in [1.29, 1.82) is 0 Å². The molecule has 0 aliphatic heterocycles. The molecule has 4 nitrogen and oxygen atoms in total. The SMILES string of the molecule is Cc1nc(C(N)=O)c(-c2ccccc2)c2c(O)cccc12. The van der Waals surface area contributed by atoms with Crippen molar-refractivity contribution in [2.45, 2.75) is 6.92 Å². The molecule has 0 spiro atoms. The molecule has 3 rings (SSSR count). The van der Waals surface area contributed by atoms with Crippen LogP contribution in [0.2, 0.25) is 0 Å². The summed E-state index contributed by atoms with van der Waals surface area (Å²) in [6.07, 6.45) is 0. The number of nitrogens with zero attached hydrogens (tertiary/aromatic N) is 1. The highest BCUT2D eigenvalue weighted by molar-refractivity contribution is 6.10. The summed E-state index contributed by atoms with van der Waals surface area (Å²) in [4.78, 5) is 16.1. The Morgan fingerprint density at radius 1 is 1.10 bits per heavy atom. The van der Waals surface area contributed by atoms with E-state index in [2.05, 4.69) is 4.98 Å². The molecule has 0 unspecified atom stereocenters. The van der Waals surface area contributed by atoms with Crippen molar-refractivity contribution >= 4 is 16.7 Å². The van der Waals surface area contributed by atoms with Crippen molar-refractivity contribution in [3.05, 3.63) is 59.9 Å². The van der Waals surface area contributed by atoms with Gasteiger partial charge in [-0.1, -0.05) is 42.5 Å². The Balaban J connectivity index is 2.53. The van der Waals surface area contributed by atoms with Crippen LogP contribution in [0.5, 0.6) is 5.75 Å². The fourth-order valence-corrected chi connectivity index (χ4v) is 2.57. The van der Waals surface area contributed by atoms with Crippen LogP contribution in [0.1, 0.15) is 16.2 Å². The Hall–Kier alpha value is -2.88. The van der Waals surface area contributed by atoms with Gasteiger partial charge in [0.25, 0.3) is 5.91 Å². The smallest absolute Gasteiger partial charge is 0.267 e. The molecule has 21 heavy (non-hydrogen) atoms. The monoisotopic (exact) mass is 278 g/mol. The van der Waals surface area contributed by atoms with Crippen molar-refractivity contribution in [3.8, 4) is 16.9 Å². The number of phenolic OH excluding ortho intramolecular Hbond substituents is 1. The molecule has 0 saturated carbocycles. The van der Waals surface area contributed by atoms with Crippen LogP contribution in [0.4, 0.5) is 0 Å². The molecule has 2 aromatic carbocycles. The van der Waals surface area contributed by atoms with E-state index in [4.69, 9.17) is 5.73 Å². The number of nitrogens with two attached hydrogens (primary N) is 1. The number of aryl methyl sites for hydroxylation is 1. The summed E-state index contributed by atoms with van der Waals surface area (Å²) in [6, 6.07) is 14.6. The normalized spacial score (nSPS) is 10.7. The highest BCUT2D eigenvalue weighted by Crippen LogP contribution is 2.37. The molecule has 0 aliphatic carbocycles. The number of aromatic nitrogens is 1. The fraction of sp³-hybridized carbons (Fsp3) is 0.0588. The van der Waals surface area contributed by atoms with E-state index in [1.807, 2.05) is 36.4 Å². The molecule has 104 valence electrons. The first-order valence-electron chi connectivity index (χ1n) is 6.57. The number of phenols is 1. The average molecular weight is 278 g/mol. The Morgan fingerprint density at radius 3 is 2.48 bits per heavy atom. The Morgan fingerprint density at radius 2 is 1.81 bits per heavy atom. The summed E-state index contributed by atoms with van der Waals surface area (Å²) in [5.74, 6) is -0.499. The predicted molar refractivity (Wildman–Crippen MR) is 82.1 cm³/mol. The summed E-state index contributed by atoms with van der Waals surface area (Å²) in [7, 11) is 0. The van der Waals surface area contributed by atoms with Crippen molar-refractivity contribution in [2.75, 3.05) is 0 Å². The standard InChI is InChI=1S/C17H14N2O2/c1-10-12-8-5-9-13(20)15(12)14(16(19-10)17(18)21)11-6-3-2-4-7-11/h2-9,20H,1H3,(H2,18,21). The van der Waals surface area contributed by atoms with Gasteiger partial charge in [0.2, 0.25) is 0 Å². The second-order valence-corrected chi connectivity index (χ2v) is 4.85. The number of carbonyl (C=O) groups excluding carboxylic acids is 1. The molecule has 1 amide bonds. The number of rotatable bonds is 2. The fourth-order valence-electron chi connectivity index (χ4n) is 2.57. The maximum absolute atomic E-state index is 11.8. The third-order valence-corrected chi connectivity index (χ3v) is 3.49. The second-order valence-electron chi connectivity index (χ2n) is 4.85. The third-order valence-electron chi connectivity index (χ3n) is 3.49. The number of pyridine rings is 1. The molecule has 0 atom stereocenters. The van der Waals surface area contributed by atoms with E-state index in [0.717, 1.165) is 10.9 Å². The van der Waals surface area contributed by atoms with Crippen molar-refractivity contribution < 1.29 is 9.90 Å². The first-order valence-corrected chi connectivity index (χ1v) is 6.57. The summed E-state index contributed by atoms with van der Waals surface area (Å²) in [5.41, 5.74) is 7.68. The van der Waals surface area contributed by atoms with Gasteiger partial charge in [0.1, 0.15) is 11.4 Å². The molecule has 1 heterocycles. The van der Waals surface area contributed by atoms with Crippen LogP contribution < -0.4 is 5.73 Å². The molecule has 0 radical (unpaired) electrons. The summed E-state index contributed by atoms with van der Waals surface area (Å²) < 4.78 is 0. The summed E-state index contributed by atoms with van der Waals surface area (Å²) >= 11 is 0. The summed E-state index contributed by atoms with van der Waals surface area (Å²) in [6.45, 7) is 1.79.